The molecule has 0 amide bonds. The average Bonchev–Trinajstić information content (AvgIpc) is 2.03. The van der Waals surface area contributed by atoms with Crippen molar-refractivity contribution in [3.05, 3.63) is 15.4 Å². The van der Waals surface area contributed by atoms with Crippen molar-refractivity contribution >= 4 is 37.7 Å². The fourth-order valence-corrected chi connectivity index (χ4v) is 1.66. The van der Waals surface area contributed by atoms with Gasteiger partial charge in [-0.25, -0.2) is 9.97 Å². The molecule has 1 aromatic rings. The highest BCUT2D eigenvalue weighted by Gasteiger charge is 2.01. The Morgan fingerprint density at radius 3 is 2.83 bits per heavy atom. The van der Waals surface area contributed by atoms with Gasteiger partial charge in [0, 0.05) is 6.54 Å². The molecule has 0 unspecified atom stereocenters. The van der Waals surface area contributed by atoms with Gasteiger partial charge in [-0.2, -0.15) is 0 Å². The van der Waals surface area contributed by atoms with Crippen molar-refractivity contribution in [2.24, 2.45) is 0 Å². The number of rotatable bonds is 3. The van der Waals surface area contributed by atoms with Gasteiger partial charge in [0.1, 0.15) is 9.21 Å². The number of halogens is 2. The second-order valence-electron chi connectivity index (χ2n) is 2.26. The Morgan fingerprint density at radius 2 is 2.25 bits per heavy atom. The standard InChI is InChI=1S/C7H9Br2N3/c1-2-3-10-7-6(9)12-5(8)4-11-7/h4H,2-3H2,1H3,(H,10,11). The second kappa shape index (κ2) is 4.77. The summed E-state index contributed by atoms with van der Waals surface area (Å²) in [6.07, 6.45) is 2.74. The number of nitrogens with zero attached hydrogens (tertiary/aromatic N) is 2. The maximum absolute atomic E-state index is 4.15. The van der Waals surface area contributed by atoms with Crippen molar-refractivity contribution < 1.29 is 0 Å². The van der Waals surface area contributed by atoms with Crippen molar-refractivity contribution in [3.8, 4) is 0 Å². The van der Waals surface area contributed by atoms with Gasteiger partial charge < -0.3 is 5.32 Å². The highest BCUT2D eigenvalue weighted by Crippen LogP contribution is 2.18. The molecule has 66 valence electrons. The molecule has 0 fully saturated rings. The van der Waals surface area contributed by atoms with Gasteiger partial charge in [-0.3, -0.25) is 0 Å². The van der Waals surface area contributed by atoms with E-state index in [1.807, 2.05) is 0 Å². The summed E-state index contributed by atoms with van der Waals surface area (Å²) in [6, 6.07) is 0. The molecule has 0 saturated carbocycles. The van der Waals surface area contributed by atoms with Crippen LogP contribution in [0.3, 0.4) is 0 Å². The summed E-state index contributed by atoms with van der Waals surface area (Å²) < 4.78 is 1.47. The minimum absolute atomic E-state index is 0.733. The van der Waals surface area contributed by atoms with Gasteiger partial charge in [-0.15, -0.1) is 0 Å². The van der Waals surface area contributed by atoms with E-state index in [-0.39, 0.29) is 0 Å². The first kappa shape index (κ1) is 9.92. The summed E-state index contributed by atoms with van der Waals surface area (Å²) in [7, 11) is 0. The Kier molecular flexibility index (Phi) is 3.94. The predicted octanol–water partition coefficient (Wildman–Crippen LogP) is 2.82. The lowest BCUT2D eigenvalue weighted by atomic mass is 10.5. The molecule has 0 aliphatic rings. The Labute approximate surface area is 88.3 Å². The molecule has 0 bridgehead atoms. The molecule has 0 aliphatic carbocycles. The first-order chi connectivity index (χ1) is 5.74. The van der Waals surface area contributed by atoms with E-state index >= 15 is 0 Å². The highest BCUT2D eigenvalue weighted by atomic mass is 79.9. The van der Waals surface area contributed by atoms with Crippen LogP contribution in [0, 0.1) is 0 Å². The van der Waals surface area contributed by atoms with E-state index in [1.54, 1.807) is 6.20 Å². The fourth-order valence-electron chi connectivity index (χ4n) is 0.709. The van der Waals surface area contributed by atoms with E-state index in [0.717, 1.165) is 28.0 Å². The van der Waals surface area contributed by atoms with Gasteiger partial charge in [0.15, 0.2) is 5.82 Å². The van der Waals surface area contributed by atoms with Crippen LogP contribution < -0.4 is 5.32 Å². The minimum atomic E-state index is 0.733. The van der Waals surface area contributed by atoms with Gasteiger partial charge in [-0.1, -0.05) is 6.92 Å². The van der Waals surface area contributed by atoms with Crippen molar-refractivity contribution in [1.29, 1.82) is 0 Å². The Bertz CT molecular complexity index is 265. The summed E-state index contributed by atoms with van der Waals surface area (Å²) in [5.74, 6) is 0.792. The molecule has 1 aromatic heterocycles. The molecule has 0 aliphatic heterocycles. The number of anilines is 1. The van der Waals surface area contributed by atoms with Crippen molar-refractivity contribution in [3.63, 3.8) is 0 Å². The Hall–Kier alpha value is -0.160. The molecule has 0 atom stereocenters. The van der Waals surface area contributed by atoms with E-state index < -0.39 is 0 Å². The molecule has 3 nitrogen and oxygen atoms in total. The second-order valence-corrected chi connectivity index (χ2v) is 3.82. The van der Waals surface area contributed by atoms with Crippen LogP contribution in [0.2, 0.25) is 0 Å². The monoisotopic (exact) mass is 293 g/mol. The van der Waals surface area contributed by atoms with E-state index in [4.69, 9.17) is 0 Å². The van der Waals surface area contributed by atoms with E-state index in [1.165, 1.54) is 0 Å². The summed E-state index contributed by atoms with van der Waals surface area (Å²) >= 11 is 6.54. The highest BCUT2D eigenvalue weighted by molar-refractivity contribution is 9.11. The summed E-state index contributed by atoms with van der Waals surface area (Å²) in [4.78, 5) is 8.28. The van der Waals surface area contributed by atoms with Crippen molar-refractivity contribution in [2.75, 3.05) is 11.9 Å². The van der Waals surface area contributed by atoms with Crippen molar-refractivity contribution in [1.82, 2.24) is 9.97 Å². The minimum Gasteiger partial charge on any atom is -0.368 e. The lowest BCUT2D eigenvalue weighted by molar-refractivity contribution is 0.958. The lowest BCUT2D eigenvalue weighted by Crippen LogP contribution is -2.03. The molecule has 5 heteroatoms. The molecule has 1 rings (SSSR count). The van der Waals surface area contributed by atoms with Crippen LogP contribution in [0.1, 0.15) is 13.3 Å². The number of hydrogen-bond donors (Lipinski definition) is 1. The van der Waals surface area contributed by atoms with Gasteiger partial charge in [0.2, 0.25) is 0 Å². The zero-order valence-corrected chi connectivity index (χ0v) is 9.81. The number of aromatic nitrogens is 2. The van der Waals surface area contributed by atoms with Crippen molar-refractivity contribution in [2.45, 2.75) is 13.3 Å². The molecule has 0 saturated heterocycles. The zero-order valence-electron chi connectivity index (χ0n) is 6.64. The first-order valence-corrected chi connectivity index (χ1v) is 5.24. The zero-order chi connectivity index (χ0) is 8.97. The van der Waals surface area contributed by atoms with Gasteiger partial charge >= 0.3 is 0 Å². The van der Waals surface area contributed by atoms with E-state index in [9.17, 15) is 0 Å². The van der Waals surface area contributed by atoms with Crippen LogP contribution >= 0.6 is 31.9 Å². The molecule has 0 spiro atoms. The molecule has 1 N–H and O–H groups in total. The summed E-state index contributed by atoms with van der Waals surface area (Å²) in [6.45, 7) is 3.02. The number of hydrogen-bond acceptors (Lipinski definition) is 3. The predicted molar refractivity (Wildman–Crippen MR) is 56.2 cm³/mol. The molecule has 1 heterocycles. The van der Waals surface area contributed by atoms with E-state index in [0.29, 0.717) is 0 Å². The van der Waals surface area contributed by atoms with E-state index in [2.05, 4.69) is 54.1 Å². The lowest BCUT2D eigenvalue weighted by Gasteiger charge is -2.04. The van der Waals surface area contributed by atoms with Gasteiger partial charge in [-0.05, 0) is 38.3 Å². The molecular weight excluding hydrogens is 286 g/mol. The quantitative estimate of drug-likeness (QED) is 0.931. The van der Waals surface area contributed by atoms with Crippen LogP contribution in [0.4, 0.5) is 5.82 Å². The number of nitrogens with one attached hydrogen (secondary N) is 1. The fraction of sp³-hybridized carbons (Fsp3) is 0.429. The van der Waals surface area contributed by atoms with Gasteiger partial charge in [0.25, 0.3) is 0 Å². The summed E-state index contributed by atoms with van der Waals surface area (Å²) in [5, 5.41) is 3.15. The third-order valence-corrected chi connectivity index (χ3v) is 2.18. The molecule has 12 heavy (non-hydrogen) atoms. The Balaban J connectivity index is 2.72. The average molecular weight is 295 g/mol. The smallest absolute Gasteiger partial charge is 0.159 e. The first-order valence-electron chi connectivity index (χ1n) is 3.66. The topological polar surface area (TPSA) is 37.8 Å². The van der Waals surface area contributed by atoms with Crippen LogP contribution in [0.5, 0.6) is 0 Å². The third kappa shape index (κ3) is 2.71. The van der Waals surface area contributed by atoms with Crippen LogP contribution in [-0.2, 0) is 0 Å². The Morgan fingerprint density at radius 1 is 1.50 bits per heavy atom. The molecular formula is C7H9Br2N3. The SMILES string of the molecule is CCCNc1ncc(Br)nc1Br. The summed E-state index contributed by atoms with van der Waals surface area (Å²) in [5.41, 5.74) is 0. The van der Waals surface area contributed by atoms with Crippen LogP contribution in [0.25, 0.3) is 0 Å². The maximum atomic E-state index is 4.15. The molecule has 0 aromatic carbocycles. The van der Waals surface area contributed by atoms with Crippen LogP contribution in [0.15, 0.2) is 15.4 Å². The van der Waals surface area contributed by atoms with Crippen LogP contribution in [-0.4, -0.2) is 16.5 Å². The molecule has 0 radical (unpaired) electrons. The largest absolute Gasteiger partial charge is 0.368 e. The normalized spacial score (nSPS) is 9.92. The van der Waals surface area contributed by atoms with Gasteiger partial charge in [0.05, 0.1) is 6.20 Å². The maximum Gasteiger partial charge on any atom is 0.159 e. The third-order valence-electron chi connectivity index (χ3n) is 1.24.